The number of piperidine rings is 1. The van der Waals surface area contributed by atoms with Gasteiger partial charge in [-0.2, -0.15) is 0 Å². The molecule has 0 saturated carbocycles. The number of nitrogens with zero attached hydrogens (tertiary/aromatic N) is 1. The van der Waals surface area contributed by atoms with Gasteiger partial charge < -0.3 is 5.73 Å². The number of likely N-dealkylation sites (tertiary alicyclic amines) is 1. The summed E-state index contributed by atoms with van der Waals surface area (Å²) >= 11 is 6.18. The van der Waals surface area contributed by atoms with E-state index in [2.05, 4.69) is 37.8 Å². The second-order valence-electron chi connectivity index (χ2n) is 6.77. The highest BCUT2D eigenvalue weighted by molar-refractivity contribution is 6.30. The summed E-state index contributed by atoms with van der Waals surface area (Å²) in [7, 11) is 0. The highest BCUT2D eigenvalue weighted by atomic mass is 35.5. The van der Waals surface area contributed by atoms with E-state index in [4.69, 9.17) is 17.3 Å². The summed E-state index contributed by atoms with van der Waals surface area (Å²) in [4.78, 5) is 2.57. The van der Waals surface area contributed by atoms with Gasteiger partial charge in [0, 0.05) is 17.1 Å². The molecule has 1 aromatic rings. The number of hydrogen-bond acceptors (Lipinski definition) is 2. The molecule has 0 spiro atoms. The lowest BCUT2D eigenvalue weighted by Gasteiger charge is -2.44. The van der Waals surface area contributed by atoms with Crippen LogP contribution in [0.5, 0.6) is 0 Å². The van der Waals surface area contributed by atoms with Crippen LogP contribution in [0.3, 0.4) is 0 Å². The zero-order valence-corrected chi connectivity index (χ0v) is 14.4. The molecular weight excluding hydrogens is 280 g/mol. The molecule has 2 rings (SSSR count). The second-order valence-corrected chi connectivity index (χ2v) is 7.21. The maximum absolute atomic E-state index is 6.45. The Morgan fingerprint density at radius 2 is 1.95 bits per heavy atom. The Labute approximate surface area is 134 Å². The fraction of sp³-hybridized carbons (Fsp3) is 0.667. The van der Waals surface area contributed by atoms with Crippen molar-refractivity contribution in [3.05, 3.63) is 34.9 Å². The van der Waals surface area contributed by atoms with Gasteiger partial charge in [-0.05, 0) is 55.5 Å². The molecule has 2 N–H and O–H groups in total. The van der Waals surface area contributed by atoms with E-state index in [1.807, 2.05) is 12.1 Å². The highest BCUT2D eigenvalue weighted by Crippen LogP contribution is 2.38. The Balaban J connectivity index is 2.18. The van der Waals surface area contributed by atoms with Crippen molar-refractivity contribution in [2.45, 2.75) is 58.5 Å². The second kappa shape index (κ2) is 7.13. The van der Waals surface area contributed by atoms with Crippen LogP contribution in [0.25, 0.3) is 0 Å². The van der Waals surface area contributed by atoms with Crippen molar-refractivity contribution in [2.24, 2.45) is 11.1 Å². The first-order chi connectivity index (χ1) is 9.99. The van der Waals surface area contributed by atoms with Gasteiger partial charge in [0.15, 0.2) is 0 Å². The molecule has 1 heterocycles. The van der Waals surface area contributed by atoms with E-state index in [9.17, 15) is 0 Å². The molecule has 0 aliphatic carbocycles. The minimum absolute atomic E-state index is 0.162. The lowest BCUT2D eigenvalue weighted by molar-refractivity contribution is 0.0693. The largest absolute Gasteiger partial charge is 0.326 e. The van der Waals surface area contributed by atoms with Crippen molar-refractivity contribution in [3.8, 4) is 0 Å². The number of rotatable bonds is 5. The Bertz CT molecular complexity index is 452. The minimum atomic E-state index is 0.162. The van der Waals surface area contributed by atoms with Crippen LogP contribution in [0.2, 0.25) is 5.02 Å². The molecule has 2 nitrogen and oxygen atoms in total. The molecule has 118 valence electrons. The van der Waals surface area contributed by atoms with Crippen LogP contribution in [-0.2, 0) is 0 Å². The molecule has 0 bridgehead atoms. The predicted molar refractivity (Wildman–Crippen MR) is 91.7 cm³/mol. The number of benzene rings is 1. The van der Waals surface area contributed by atoms with E-state index in [1.165, 1.54) is 24.8 Å². The van der Waals surface area contributed by atoms with E-state index in [-0.39, 0.29) is 12.1 Å². The van der Waals surface area contributed by atoms with Crippen molar-refractivity contribution >= 4 is 11.6 Å². The Morgan fingerprint density at radius 3 is 2.48 bits per heavy atom. The van der Waals surface area contributed by atoms with Crippen molar-refractivity contribution in [3.63, 3.8) is 0 Å². The van der Waals surface area contributed by atoms with Crippen LogP contribution in [0.4, 0.5) is 0 Å². The van der Waals surface area contributed by atoms with Crippen LogP contribution < -0.4 is 5.73 Å². The summed E-state index contributed by atoms with van der Waals surface area (Å²) in [5.41, 5.74) is 8.21. The summed E-state index contributed by atoms with van der Waals surface area (Å²) in [5, 5.41) is 0.802. The maximum atomic E-state index is 6.45. The summed E-state index contributed by atoms with van der Waals surface area (Å²) in [5.74, 6) is 0. The first-order valence-corrected chi connectivity index (χ1v) is 8.62. The lowest BCUT2D eigenvalue weighted by atomic mass is 9.77. The van der Waals surface area contributed by atoms with Gasteiger partial charge in [0.25, 0.3) is 0 Å². The summed E-state index contributed by atoms with van der Waals surface area (Å²) in [6.07, 6.45) is 4.77. The Hall–Kier alpha value is -0.570. The average molecular weight is 309 g/mol. The zero-order valence-electron chi connectivity index (χ0n) is 13.6. The molecule has 1 aliphatic rings. The fourth-order valence-electron chi connectivity index (χ4n) is 3.34. The topological polar surface area (TPSA) is 29.3 Å². The quantitative estimate of drug-likeness (QED) is 0.859. The molecule has 1 aromatic carbocycles. The van der Waals surface area contributed by atoms with Gasteiger partial charge in [-0.1, -0.05) is 50.9 Å². The first-order valence-electron chi connectivity index (χ1n) is 8.24. The fourth-order valence-corrected chi connectivity index (χ4v) is 3.54. The van der Waals surface area contributed by atoms with E-state index in [0.29, 0.717) is 5.41 Å². The molecule has 21 heavy (non-hydrogen) atoms. The van der Waals surface area contributed by atoms with E-state index in [1.54, 1.807) is 0 Å². The van der Waals surface area contributed by atoms with Gasteiger partial charge in [0.2, 0.25) is 0 Å². The molecular formula is C18H29ClN2. The molecule has 2 unspecified atom stereocenters. The standard InChI is InChI=1S/C18H29ClN2/c1-4-16(20)17(14-7-6-8-15(19)13-14)21-11-9-18(3,5-2)10-12-21/h6-8,13,16-17H,4-5,9-12,20H2,1-3H3. The van der Waals surface area contributed by atoms with Gasteiger partial charge in [0.1, 0.15) is 0 Å². The SMILES string of the molecule is CCC(N)C(c1cccc(Cl)c1)N1CCC(C)(CC)CC1. The Morgan fingerprint density at radius 1 is 1.29 bits per heavy atom. The molecule has 0 amide bonds. The van der Waals surface area contributed by atoms with Crippen LogP contribution in [0.15, 0.2) is 24.3 Å². The average Bonchev–Trinajstić information content (AvgIpc) is 2.49. The highest BCUT2D eigenvalue weighted by Gasteiger charge is 2.33. The molecule has 0 radical (unpaired) electrons. The Kier molecular flexibility index (Phi) is 5.70. The lowest BCUT2D eigenvalue weighted by Crippen LogP contribution is -2.46. The first kappa shape index (κ1) is 16.8. The van der Waals surface area contributed by atoms with Crippen molar-refractivity contribution in [1.82, 2.24) is 4.90 Å². The molecule has 2 atom stereocenters. The summed E-state index contributed by atoms with van der Waals surface area (Å²) < 4.78 is 0. The summed E-state index contributed by atoms with van der Waals surface area (Å²) in [6.45, 7) is 9.16. The molecule has 0 aromatic heterocycles. The van der Waals surface area contributed by atoms with Crippen LogP contribution in [0.1, 0.15) is 58.1 Å². The van der Waals surface area contributed by atoms with Crippen LogP contribution in [0, 0.1) is 5.41 Å². The van der Waals surface area contributed by atoms with Crippen molar-refractivity contribution < 1.29 is 0 Å². The minimum Gasteiger partial charge on any atom is -0.326 e. The van der Waals surface area contributed by atoms with E-state index in [0.717, 1.165) is 24.5 Å². The molecule has 1 aliphatic heterocycles. The maximum Gasteiger partial charge on any atom is 0.0499 e. The third-order valence-corrected chi connectivity index (χ3v) is 5.55. The number of nitrogens with two attached hydrogens (primary N) is 1. The monoisotopic (exact) mass is 308 g/mol. The van der Waals surface area contributed by atoms with Gasteiger partial charge in [0.05, 0.1) is 0 Å². The van der Waals surface area contributed by atoms with Gasteiger partial charge >= 0.3 is 0 Å². The number of halogens is 1. The van der Waals surface area contributed by atoms with Gasteiger partial charge in [-0.3, -0.25) is 4.90 Å². The van der Waals surface area contributed by atoms with Gasteiger partial charge in [-0.25, -0.2) is 0 Å². The molecule has 1 fully saturated rings. The van der Waals surface area contributed by atoms with Gasteiger partial charge in [-0.15, -0.1) is 0 Å². The third-order valence-electron chi connectivity index (χ3n) is 5.32. The van der Waals surface area contributed by atoms with E-state index >= 15 is 0 Å². The normalized spacial score (nSPS) is 22.0. The predicted octanol–water partition coefficient (Wildman–Crippen LogP) is 4.63. The summed E-state index contributed by atoms with van der Waals surface area (Å²) in [6, 6.07) is 8.66. The molecule has 3 heteroatoms. The van der Waals surface area contributed by atoms with Crippen molar-refractivity contribution in [1.29, 1.82) is 0 Å². The zero-order chi connectivity index (χ0) is 15.5. The van der Waals surface area contributed by atoms with Crippen LogP contribution in [-0.4, -0.2) is 24.0 Å². The third kappa shape index (κ3) is 4.00. The number of hydrogen-bond donors (Lipinski definition) is 1. The van der Waals surface area contributed by atoms with Crippen molar-refractivity contribution in [2.75, 3.05) is 13.1 Å². The smallest absolute Gasteiger partial charge is 0.0499 e. The molecule has 1 saturated heterocycles. The van der Waals surface area contributed by atoms with E-state index < -0.39 is 0 Å². The van der Waals surface area contributed by atoms with Crippen LogP contribution >= 0.6 is 11.6 Å².